The van der Waals surface area contributed by atoms with Crippen molar-refractivity contribution in [2.45, 2.75) is 32.0 Å². The van der Waals surface area contributed by atoms with E-state index in [-0.39, 0.29) is 17.6 Å². The highest BCUT2D eigenvalue weighted by Gasteiger charge is 2.26. The van der Waals surface area contributed by atoms with Crippen LogP contribution in [0.5, 0.6) is 0 Å². The smallest absolute Gasteiger partial charge is 0.164 e. The molecule has 0 bridgehead atoms. The molecule has 3 unspecified atom stereocenters. The summed E-state index contributed by atoms with van der Waals surface area (Å²) < 4.78 is 26.6. The number of likely N-dealkylation sites (tertiary alicyclic amines) is 1. The molecule has 0 amide bonds. The predicted molar refractivity (Wildman–Crippen MR) is 72.2 cm³/mol. The van der Waals surface area contributed by atoms with Gasteiger partial charge in [0.05, 0.1) is 12.2 Å². The van der Waals surface area contributed by atoms with E-state index >= 15 is 0 Å². The highest BCUT2D eigenvalue weighted by atomic mass is 19.2. The molecule has 1 saturated heterocycles. The van der Waals surface area contributed by atoms with E-state index in [0.29, 0.717) is 13.0 Å². The van der Waals surface area contributed by atoms with Crippen LogP contribution in [0.2, 0.25) is 0 Å². The molecule has 1 aromatic rings. The van der Waals surface area contributed by atoms with Gasteiger partial charge < -0.3 is 15.1 Å². The molecule has 2 rings (SSSR count). The average molecular weight is 285 g/mol. The fourth-order valence-electron chi connectivity index (χ4n) is 2.70. The minimum atomic E-state index is -1.00. The number of aliphatic hydroxyl groups excluding tert-OH is 2. The van der Waals surface area contributed by atoms with Crippen molar-refractivity contribution in [2.24, 2.45) is 5.92 Å². The molecular weight excluding hydrogens is 264 g/mol. The molecule has 1 aliphatic heterocycles. The van der Waals surface area contributed by atoms with Crippen molar-refractivity contribution >= 4 is 0 Å². The second kappa shape index (κ2) is 6.61. The van der Waals surface area contributed by atoms with E-state index in [0.717, 1.165) is 25.6 Å². The number of hydrogen-bond acceptors (Lipinski definition) is 3. The number of hydrogen-bond donors (Lipinski definition) is 2. The highest BCUT2D eigenvalue weighted by molar-refractivity contribution is 5.21. The summed E-state index contributed by atoms with van der Waals surface area (Å²) in [4.78, 5) is 2.14. The summed E-state index contributed by atoms with van der Waals surface area (Å²) in [6, 6.07) is 3.85. The molecule has 0 radical (unpaired) electrons. The molecule has 0 saturated carbocycles. The summed E-state index contributed by atoms with van der Waals surface area (Å²) in [6.07, 6.45) is -0.0449. The molecule has 1 fully saturated rings. The Morgan fingerprint density at radius 1 is 1.35 bits per heavy atom. The van der Waals surface area contributed by atoms with E-state index in [1.807, 2.05) is 0 Å². The SMILES string of the molecule is CC(O)C1CCN(CCC(O)c2cccc(F)c2F)C1. The molecular formula is C15H21F2NO2. The predicted octanol–water partition coefficient (Wildman–Crippen LogP) is 2.09. The van der Waals surface area contributed by atoms with Crippen LogP contribution in [0, 0.1) is 17.6 Å². The van der Waals surface area contributed by atoms with Crippen molar-refractivity contribution in [2.75, 3.05) is 19.6 Å². The lowest BCUT2D eigenvalue weighted by Gasteiger charge is -2.19. The maximum absolute atomic E-state index is 13.5. The zero-order valence-electron chi connectivity index (χ0n) is 11.6. The van der Waals surface area contributed by atoms with Gasteiger partial charge in [-0.15, -0.1) is 0 Å². The van der Waals surface area contributed by atoms with Gasteiger partial charge in [-0.25, -0.2) is 8.78 Å². The Labute approximate surface area is 117 Å². The third-order valence-electron chi connectivity index (χ3n) is 4.05. The molecule has 2 N–H and O–H groups in total. The van der Waals surface area contributed by atoms with Crippen LogP contribution >= 0.6 is 0 Å². The Hall–Kier alpha value is -1.04. The van der Waals surface area contributed by atoms with Gasteiger partial charge in [0.1, 0.15) is 0 Å². The topological polar surface area (TPSA) is 43.7 Å². The fraction of sp³-hybridized carbons (Fsp3) is 0.600. The number of halogens is 2. The van der Waals surface area contributed by atoms with Gasteiger partial charge in [-0.1, -0.05) is 12.1 Å². The summed E-state index contributed by atoms with van der Waals surface area (Å²) in [5.74, 6) is -1.64. The first kappa shape index (κ1) is 15.4. The summed E-state index contributed by atoms with van der Waals surface area (Å²) in [5, 5.41) is 19.5. The maximum Gasteiger partial charge on any atom is 0.164 e. The van der Waals surface area contributed by atoms with E-state index in [9.17, 15) is 19.0 Å². The zero-order valence-corrected chi connectivity index (χ0v) is 11.6. The second-order valence-electron chi connectivity index (χ2n) is 5.54. The van der Waals surface area contributed by atoms with Crippen LogP contribution in [0.1, 0.15) is 31.4 Å². The first-order chi connectivity index (χ1) is 9.49. The molecule has 0 spiro atoms. The zero-order chi connectivity index (χ0) is 14.7. The fourth-order valence-corrected chi connectivity index (χ4v) is 2.70. The van der Waals surface area contributed by atoms with Gasteiger partial charge in [0.15, 0.2) is 11.6 Å². The van der Waals surface area contributed by atoms with Crippen molar-refractivity contribution in [3.8, 4) is 0 Å². The number of rotatable bonds is 5. The minimum absolute atomic E-state index is 0.0104. The van der Waals surface area contributed by atoms with Crippen molar-refractivity contribution in [3.63, 3.8) is 0 Å². The molecule has 20 heavy (non-hydrogen) atoms. The van der Waals surface area contributed by atoms with Crippen LogP contribution < -0.4 is 0 Å². The molecule has 0 aliphatic carbocycles. The van der Waals surface area contributed by atoms with Crippen molar-refractivity contribution in [1.29, 1.82) is 0 Å². The van der Waals surface area contributed by atoms with E-state index in [4.69, 9.17) is 0 Å². The van der Waals surface area contributed by atoms with Crippen LogP contribution in [0.15, 0.2) is 18.2 Å². The van der Waals surface area contributed by atoms with Crippen LogP contribution in [0.4, 0.5) is 8.78 Å². The Balaban J connectivity index is 1.87. The van der Waals surface area contributed by atoms with Crippen molar-refractivity contribution in [3.05, 3.63) is 35.4 Å². The van der Waals surface area contributed by atoms with Crippen LogP contribution in [-0.4, -0.2) is 40.9 Å². The Bertz CT molecular complexity index is 453. The molecule has 3 atom stereocenters. The molecule has 1 aliphatic rings. The largest absolute Gasteiger partial charge is 0.393 e. The lowest BCUT2D eigenvalue weighted by atomic mass is 10.0. The van der Waals surface area contributed by atoms with Crippen LogP contribution in [-0.2, 0) is 0 Å². The normalized spacial score (nSPS) is 22.9. The molecule has 1 aromatic carbocycles. The monoisotopic (exact) mass is 285 g/mol. The van der Waals surface area contributed by atoms with Gasteiger partial charge in [-0.05, 0) is 38.3 Å². The summed E-state index contributed by atoms with van der Waals surface area (Å²) in [7, 11) is 0. The Morgan fingerprint density at radius 2 is 2.10 bits per heavy atom. The number of nitrogens with zero attached hydrogens (tertiary/aromatic N) is 1. The first-order valence-corrected chi connectivity index (χ1v) is 7.01. The lowest BCUT2D eigenvalue weighted by molar-refractivity contribution is 0.120. The standard InChI is InChI=1S/C15H21F2NO2/c1-10(19)11-5-7-18(9-11)8-6-14(20)12-3-2-4-13(16)15(12)17/h2-4,10-11,14,19-20H,5-9H2,1H3. The van der Waals surface area contributed by atoms with E-state index < -0.39 is 17.7 Å². The van der Waals surface area contributed by atoms with E-state index in [2.05, 4.69) is 4.90 Å². The van der Waals surface area contributed by atoms with Gasteiger partial charge in [0.25, 0.3) is 0 Å². The average Bonchev–Trinajstić information content (AvgIpc) is 2.88. The van der Waals surface area contributed by atoms with Gasteiger partial charge in [0.2, 0.25) is 0 Å². The highest BCUT2D eigenvalue weighted by Crippen LogP contribution is 2.24. The van der Waals surface area contributed by atoms with Gasteiger partial charge in [0, 0.05) is 18.7 Å². The molecule has 1 heterocycles. The van der Waals surface area contributed by atoms with E-state index in [1.54, 1.807) is 6.92 Å². The molecule has 5 heteroatoms. The summed E-state index contributed by atoms with van der Waals surface area (Å²) >= 11 is 0. The van der Waals surface area contributed by atoms with Crippen molar-refractivity contribution in [1.82, 2.24) is 4.90 Å². The van der Waals surface area contributed by atoms with Gasteiger partial charge in [-0.3, -0.25) is 0 Å². The first-order valence-electron chi connectivity index (χ1n) is 7.01. The molecule has 0 aromatic heterocycles. The Morgan fingerprint density at radius 3 is 2.75 bits per heavy atom. The van der Waals surface area contributed by atoms with Gasteiger partial charge in [-0.2, -0.15) is 0 Å². The van der Waals surface area contributed by atoms with Crippen molar-refractivity contribution < 1.29 is 19.0 Å². The summed E-state index contributed by atoms with van der Waals surface area (Å²) in [5.41, 5.74) is 0.0104. The molecule has 3 nitrogen and oxygen atoms in total. The number of aliphatic hydroxyl groups is 2. The van der Waals surface area contributed by atoms with Crippen LogP contribution in [0.3, 0.4) is 0 Å². The lowest BCUT2D eigenvalue weighted by Crippen LogP contribution is -2.26. The van der Waals surface area contributed by atoms with Gasteiger partial charge >= 0.3 is 0 Å². The molecule has 112 valence electrons. The second-order valence-corrected chi connectivity index (χ2v) is 5.54. The number of benzene rings is 1. The quantitative estimate of drug-likeness (QED) is 0.870. The Kier molecular flexibility index (Phi) is 5.07. The maximum atomic E-state index is 13.5. The van der Waals surface area contributed by atoms with E-state index in [1.165, 1.54) is 12.1 Å². The van der Waals surface area contributed by atoms with Crippen LogP contribution in [0.25, 0.3) is 0 Å². The third kappa shape index (κ3) is 3.53. The third-order valence-corrected chi connectivity index (χ3v) is 4.05. The minimum Gasteiger partial charge on any atom is -0.393 e. The summed E-state index contributed by atoms with van der Waals surface area (Å²) in [6.45, 7) is 4.05.